The Morgan fingerprint density at radius 1 is 1.47 bits per heavy atom. The van der Waals surface area contributed by atoms with Crippen molar-refractivity contribution in [2.45, 2.75) is 32.8 Å². The Hall–Kier alpha value is -0.810. The third kappa shape index (κ3) is 9.49. The van der Waals surface area contributed by atoms with Crippen LogP contribution in [-0.2, 0) is 4.74 Å². The van der Waals surface area contributed by atoms with Gasteiger partial charge in [0.05, 0.1) is 6.61 Å². The molecule has 0 spiro atoms. The van der Waals surface area contributed by atoms with Crippen LogP contribution in [-0.4, -0.2) is 42.2 Å². The molecule has 0 fully saturated rings. The molecular formula is C10H21NO4. The minimum absolute atomic E-state index is 0.174. The summed E-state index contributed by atoms with van der Waals surface area (Å²) in [4.78, 5) is 11.0. The first kappa shape index (κ1) is 14.2. The van der Waals surface area contributed by atoms with Gasteiger partial charge in [-0.05, 0) is 18.8 Å². The third-order valence-electron chi connectivity index (χ3n) is 1.85. The molecule has 5 nitrogen and oxygen atoms in total. The standard InChI is InChI=1S/C10H21NO4/c1-8(2)4-3-5-11-10(14)15-7-9(13)6-12/h8-9,12-13H,3-7H2,1-2H3,(H,11,14). The van der Waals surface area contributed by atoms with Gasteiger partial charge in [-0.3, -0.25) is 0 Å². The van der Waals surface area contributed by atoms with Gasteiger partial charge in [0.2, 0.25) is 0 Å². The average molecular weight is 219 g/mol. The molecule has 0 rings (SSSR count). The van der Waals surface area contributed by atoms with Crippen molar-refractivity contribution in [3.8, 4) is 0 Å². The zero-order chi connectivity index (χ0) is 11.7. The quantitative estimate of drug-likeness (QED) is 0.545. The van der Waals surface area contributed by atoms with E-state index >= 15 is 0 Å². The number of aliphatic hydroxyl groups excluding tert-OH is 2. The summed E-state index contributed by atoms with van der Waals surface area (Å²) in [6, 6.07) is 0. The Bertz CT molecular complexity index is 173. The smallest absolute Gasteiger partial charge is 0.407 e. The maximum absolute atomic E-state index is 11.0. The van der Waals surface area contributed by atoms with E-state index in [4.69, 9.17) is 10.2 Å². The number of nitrogens with one attached hydrogen (secondary N) is 1. The van der Waals surface area contributed by atoms with E-state index in [2.05, 4.69) is 23.9 Å². The van der Waals surface area contributed by atoms with Crippen molar-refractivity contribution in [2.24, 2.45) is 5.92 Å². The van der Waals surface area contributed by atoms with E-state index in [-0.39, 0.29) is 6.61 Å². The second-order valence-electron chi connectivity index (χ2n) is 3.90. The fourth-order valence-electron chi connectivity index (χ4n) is 0.976. The van der Waals surface area contributed by atoms with E-state index in [1.165, 1.54) is 0 Å². The van der Waals surface area contributed by atoms with Gasteiger partial charge in [-0.15, -0.1) is 0 Å². The molecule has 0 aromatic rings. The monoisotopic (exact) mass is 219 g/mol. The number of carbonyl (C=O) groups excluding carboxylic acids is 1. The number of amides is 1. The van der Waals surface area contributed by atoms with Gasteiger partial charge < -0.3 is 20.3 Å². The first-order valence-corrected chi connectivity index (χ1v) is 5.25. The summed E-state index contributed by atoms with van der Waals surface area (Å²) in [5.74, 6) is 0.624. The summed E-state index contributed by atoms with van der Waals surface area (Å²) in [5, 5.41) is 19.9. The van der Waals surface area contributed by atoms with Crippen molar-refractivity contribution in [3.63, 3.8) is 0 Å². The van der Waals surface area contributed by atoms with E-state index < -0.39 is 18.8 Å². The zero-order valence-electron chi connectivity index (χ0n) is 9.40. The lowest BCUT2D eigenvalue weighted by molar-refractivity contribution is 0.0321. The minimum atomic E-state index is -0.994. The molecule has 0 aromatic heterocycles. The van der Waals surface area contributed by atoms with Gasteiger partial charge in [-0.2, -0.15) is 0 Å². The van der Waals surface area contributed by atoms with Gasteiger partial charge >= 0.3 is 6.09 Å². The SMILES string of the molecule is CC(C)CCCNC(=O)OCC(O)CO. The van der Waals surface area contributed by atoms with Crippen LogP contribution in [0.1, 0.15) is 26.7 Å². The zero-order valence-corrected chi connectivity index (χ0v) is 9.40. The number of hydrogen-bond donors (Lipinski definition) is 3. The maximum atomic E-state index is 11.0. The fraction of sp³-hybridized carbons (Fsp3) is 0.900. The summed E-state index contributed by atoms with van der Waals surface area (Å²) >= 11 is 0. The molecule has 0 aliphatic carbocycles. The topological polar surface area (TPSA) is 78.8 Å². The number of alkyl carbamates (subject to hydrolysis) is 1. The molecule has 90 valence electrons. The molecule has 15 heavy (non-hydrogen) atoms. The highest BCUT2D eigenvalue weighted by Crippen LogP contribution is 2.01. The Balaban J connectivity index is 3.34. The molecule has 0 bridgehead atoms. The summed E-state index contributed by atoms with van der Waals surface area (Å²) in [6.07, 6.45) is 0.423. The van der Waals surface area contributed by atoms with Crippen LogP contribution in [0.5, 0.6) is 0 Å². The molecule has 5 heteroatoms. The number of rotatable bonds is 7. The van der Waals surface area contributed by atoms with Gasteiger partial charge in [0.15, 0.2) is 0 Å². The highest BCUT2D eigenvalue weighted by molar-refractivity contribution is 5.67. The van der Waals surface area contributed by atoms with Crippen LogP contribution in [0.15, 0.2) is 0 Å². The van der Waals surface area contributed by atoms with Crippen molar-refractivity contribution in [1.29, 1.82) is 0 Å². The summed E-state index contributed by atoms with van der Waals surface area (Å²) < 4.78 is 4.64. The number of ether oxygens (including phenoxy) is 1. The van der Waals surface area contributed by atoms with Crippen LogP contribution in [0, 0.1) is 5.92 Å². The molecule has 0 aromatic carbocycles. The van der Waals surface area contributed by atoms with E-state index in [1.807, 2.05) is 0 Å². The van der Waals surface area contributed by atoms with Crippen LogP contribution in [0.25, 0.3) is 0 Å². The van der Waals surface area contributed by atoms with Crippen LogP contribution in [0.4, 0.5) is 4.79 Å². The van der Waals surface area contributed by atoms with E-state index in [0.717, 1.165) is 12.8 Å². The maximum Gasteiger partial charge on any atom is 0.407 e. The lowest BCUT2D eigenvalue weighted by Gasteiger charge is -2.10. The number of aliphatic hydroxyl groups is 2. The second kappa shape index (κ2) is 8.49. The molecule has 0 saturated heterocycles. The molecule has 0 aliphatic heterocycles. The predicted molar refractivity (Wildman–Crippen MR) is 56.5 cm³/mol. The molecule has 0 radical (unpaired) electrons. The first-order chi connectivity index (χ1) is 7.06. The van der Waals surface area contributed by atoms with Gasteiger partial charge in [-0.25, -0.2) is 4.79 Å². The van der Waals surface area contributed by atoms with Crippen molar-refractivity contribution in [3.05, 3.63) is 0 Å². The molecule has 0 heterocycles. The molecular weight excluding hydrogens is 198 g/mol. The highest BCUT2D eigenvalue weighted by Gasteiger charge is 2.06. The van der Waals surface area contributed by atoms with Crippen molar-refractivity contribution in [1.82, 2.24) is 5.32 Å². The lowest BCUT2D eigenvalue weighted by Crippen LogP contribution is -2.30. The average Bonchev–Trinajstić information content (AvgIpc) is 2.20. The van der Waals surface area contributed by atoms with Crippen LogP contribution >= 0.6 is 0 Å². The minimum Gasteiger partial charge on any atom is -0.447 e. The molecule has 1 unspecified atom stereocenters. The van der Waals surface area contributed by atoms with Crippen LogP contribution in [0.3, 0.4) is 0 Å². The summed E-state index contributed by atoms with van der Waals surface area (Å²) in [7, 11) is 0. The highest BCUT2D eigenvalue weighted by atomic mass is 16.6. The van der Waals surface area contributed by atoms with Crippen LogP contribution < -0.4 is 5.32 Å². The number of hydrogen-bond acceptors (Lipinski definition) is 4. The first-order valence-electron chi connectivity index (χ1n) is 5.25. The fourth-order valence-corrected chi connectivity index (χ4v) is 0.976. The van der Waals surface area contributed by atoms with Crippen molar-refractivity contribution < 1.29 is 19.7 Å². The largest absolute Gasteiger partial charge is 0.447 e. The van der Waals surface area contributed by atoms with Crippen molar-refractivity contribution in [2.75, 3.05) is 19.8 Å². The molecule has 0 aliphatic rings. The number of carbonyl (C=O) groups is 1. The summed E-state index contributed by atoms with van der Waals surface area (Å²) in [6.45, 7) is 4.24. The van der Waals surface area contributed by atoms with E-state index in [0.29, 0.717) is 12.5 Å². The molecule has 3 N–H and O–H groups in total. The van der Waals surface area contributed by atoms with Gasteiger partial charge in [0, 0.05) is 6.54 Å². The van der Waals surface area contributed by atoms with Gasteiger partial charge in [-0.1, -0.05) is 13.8 Å². The Kier molecular flexibility index (Phi) is 8.04. The van der Waals surface area contributed by atoms with Crippen molar-refractivity contribution >= 4 is 6.09 Å². The molecule has 1 amide bonds. The second-order valence-corrected chi connectivity index (χ2v) is 3.90. The lowest BCUT2D eigenvalue weighted by atomic mass is 10.1. The van der Waals surface area contributed by atoms with E-state index in [9.17, 15) is 4.79 Å². The van der Waals surface area contributed by atoms with Crippen LogP contribution in [0.2, 0.25) is 0 Å². The molecule has 0 saturated carbocycles. The molecule has 1 atom stereocenters. The Morgan fingerprint density at radius 2 is 2.13 bits per heavy atom. The predicted octanol–water partition coefficient (Wildman–Crippen LogP) is 0.502. The Morgan fingerprint density at radius 3 is 2.67 bits per heavy atom. The third-order valence-corrected chi connectivity index (χ3v) is 1.85. The van der Waals surface area contributed by atoms with Gasteiger partial charge in [0.25, 0.3) is 0 Å². The van der Waals surface area contributed by atoms with E-state index in [1.54, 1.807) is 0 Å². The normalized spacial score (nSPS) is 12.6. The summed E-state index contributed by atoms with van der Waals surface area (Å²) in [5.41, 5.74) is 0. The van der Waals surface area contributed by atoms with Gasteiger partial charge in [0.1, 0.15) is 12.7 Å². The Labute approximate surface area is 90.4 Å².